The standard InChI is InChI=1S/C17H18BrN5O3/c1-10-15(18)11(2)23(21-10)9-14-20-17(26-22-14)16(25)19-8-13(24)12-6-4-3-5-7-12/h3-7,13,24H,8-9H2,1-2H3,(H,19,25)/t13-/m0/s1. The molecule has 0 aliphatic carbocycles. The molecule has 2 heterocycles. The number of halogens is 1. The molecule has 0 fully saturated rings. The molecule has 8 nitrogen and oxygen atoms in total. The molecule has 1 amide bonds. The van der Waals surface area contributed by atoms with Gasteiger partial charge in [0.15, 0.2) is 5.82 Å². The molecule has 0 unspecified atom stereocenters. The Morgan fingerprint density at radius 1 is 1.35 bits per heavy atom. The first-order chi connectivity index (χ1) is 12.5. The highest BCUT2D eigenvalue weighted by Gasteiger charge is 2.18. The minimum absolute atomic E-state index is 0.0466. The van der Waals surface area contributed by atoms with Crippen LogP contribution in [0, 0.1) is 13.8 Å². The molecular formula is C17H18BrN5O3. The van der Waals surface area contributed by atoms with E-state index in [2.05, 4.69) is 36.5 Å². The quantitative estimate of drug-likeness (QED) is 0.633. The molecule has 0 saturated carbocycles. The Morgan fingerprint density at radius 3 is 2.73 bits per heavy atom. The van der Waals surface area contributed by atoms with Crippen LogP contribution in [-0.2, 0) is 6.54 Å². The first kappa shape index (κ1) is 18.3. The van der Waals surface area contributed by atoms with Crippen molar-refractivity contribution in [1.29, 1.82) is 0 Å². The minimum atomic E-state index is -0.811. The molecule has 0 saturated heterocycles. The van der Waals surface area contributed by atoms with Gasteiger partial charge in [-0.15, -0.1) is 0 Å². The molecule has 3 aromatic rings. The third-order valence-corrected chi connectivity index (χ3v) is 5.03. The molecule has 2 aromatic heterocycles. The Kier molecular flexibility index (Phi) is 5.48. The van der Waals surface area contributed by atoms with Crippen LogP contribution in [0.25, 0.3) is 0 Å². The van der Waals surface area contributed by atoms with E-state index in [1.165, 1.54) is 0 Å². The number of aliphatic hydroxyl groups excluding tert-OH is 1. The third kappa shape index (κ3) is 4.00. The molecule has 1 aromatic carbocycles. The van der Waals surface area contributed by atoms with Gasteiger partial charge in [0.1, 0.15) is 6.54 Å². The van der Waals surface area contributed by atoms with E-state index in [9.17, 15) is 9.90 Å². The maximum Gasteiger partial charge on any atom is 0.316 e. The van der Waals surface area contributed by atoms with Gasteiger partial charge >= 0.3 is 11.8 Å². The average Bonchev–Trinajstić information content (AvgIpc) is 3.21. The summed E-state index contributed by atoms with van der Waals surface area (Å²) in [5, 5.41) is 20.8. The van der Waals surface area contributed by atoms with Gasteiger partial charge in [-0.25, -0.2) is 0 Å². The average molecular weight is 420 g/mol. The summed E-state index contributed by atoms with van der Waals surface area (Å²) < 4.78 is 7.66. The van der Waals surface area contributed by atoms with Crippen molar-refractivity contribution >= 4 is 21.8 Å². The number of rotatable bonds is 6. The van der Waals surface area contributed by atoms with Crippen molar-refractivity contribution in [3.05, 3.63) is 63.5 Å². The molecule has 0 spiro atoms. The van der Waals surface area contributed by atoms with Crippen LogP contribution in [0.15, 0.2) is 39.3 Å². The van der Waals surface area contributed by atoms with Crippen LogP contribution >= 0.6 is 15.9 Å². The molecule has 0 radical (unpaired) electrons. The number of hydrogen-bond acceptors (Lipinski definition) is 6. The zero-order chi connectivity index (χ0) is 18.7. The summed E-state index contributed by atoms with van der Waals surface area (Å²) in [6, 6.07) is 9.07. The van der Waals surface area contributed by atoms with Crippen molar-refractivity contribution in [2.24, 2.45) is 0 Å². The van der Waals surface area contributed by atoms with Crippen molar-refractivity contribution in [3.63, 3.8) is 0 Å². The molecule has 0 bridgehead atoms. The van der Waals surface area contributed by atoms with Crippen molar-refractivity contribution < 1.29 is 14.4 Å². The molecule has 2 N–H and O–H groups in total. The molecular weight excluding hydrogens is 402 g/mol. The number of aliphatic hydroxyl groups is 1. The first-order valence-electron chi connectivity index (χ1n) is 7.99. The van der Waals surface area contributed by atoms with Crippen LogP contribution < -0.4 is 5.32 Å². The molecule has 136 valence electrons. The van der Waals surface area contributed by atoms with Gasteiger partial charge in [-0.1, -0.05) is 35.5 Å². The van der Waals surface area contributed by atoms with Gasteiger partial charge < -0.3 is 14.9 Å². The number of carbonyl (C=O) groups is 1. The fraction of sp³-hybridized carbons (Fsp3) is 0.294. The molecule has 26 heavy (non-hydrogen) atoms. The van der Waals surface area contributed by atoms with E-state index in [1.807, 2.05) is 32.0 Å². The number of carbonyl (C=O) groups excluding carboxylic acids is 1. The smallest absolute Gasteiger partial charge is 0.316 e. The van der Waals surface area contributed by atoms with Gasteiger partial charge in [-0.05, 0) is 35.3 Å². The maximum atomic E-state index is 12.1. The normalized spacial score (nSPS) is 12.2. The number of aromatic nitrogens is 4. The summed E-state index contributed by atoms with van der Waals surface area (Å²) >= 11 is 3.46. The monoisotopic (exact) mass is 419 g/mol. The van der Waals surface area contributed by atoms with Crippen molar-refractivity contribution in [2.45, 2.75) is 26.5 Å². The lowest BCUT2D eigenvalue weighted by atomic mass is 10.1. The summed E-state index contributed by atoms with van der Waals surface area (Å²) in [4.78, 5) is 16.2. The number of aryl methyl sites for hydroxylation is 1. The molecule has 0 aliphatic heterocycles. The van der Waals surface area contributed by atoms with Crippen molar-refractivity contribution in [1.82, 2.24) is 25.2 Å². The lowest BCUT2D eigenvalue weighted by Gasteiger charge is -2.10. The fourth-order valence-electron chi connectivity index (χ4n) is 2.43. The van der Waals surface area contributed by atoms with Gasteiger partial charge in [0, 0.05) is 6.54 Å². The predicted molar refractivity (Wildman–Crippen MR) is 96.5 cm³/mol. The lowest BCUT2D eigenvalue weighted by Crippen LogP contribution is -2.28. The summed E-state index contributed by atoms with van der Waals surface area (Å²) in [6.07, 6.45) is -0.811. The minimum Gasteiger partial charge on any atom is -0.387 e. The highest BCUT2D eigenvalue weighted by Crippen LogP contribution is 2.20. The second-order valence-electron chi connectivity index (χ2n) is 5.79. The van der Waals surface area contributed by atoms with E-state index in [4.69, 9.17) is 4.52 Å². The van der Waals surface area contributed by atoms with E-state index < -0.39 is 12.0 Å². The predicted octanol–water partition coefficient (Wildman–Crippen LogP) is 2.16. The van der Waals surface area contributed by atoms with Crippen LogP contribution in [0.4, 0.5) is 0 Å². The maximum absolute atomic E-state index is 12.1. The number of nitrogens with one attached hydrogen (secondary N) is 1. The van der Waals surface area contributed by atoms with Gasteiger partial charge in [0.2, 0.25) is 0 Å². The Bertz CT molecular complexity index is 907. The lowest BCUT2D eigenvalue weighted by molar-refractivity contribution is 0.0873. The summed E-state index contributed by atoms with van der Waals surface area (Å²) in [5.74, 6) is -0.342. The van der Waals surface area contributed by atoms with E-state index >= 15 is 0 Å². The molecule has 9 heteroatoms. The van der Waals surface area contributed by atoms with E-state index in [1.54, 1.807) is 16.8 Å². The van der Waals surface area contributed by atoms with Crippen LogP contribution in [0.3, 0.4) is 0 Å². The zero-order valence-electron chi connectivity index (χ0n) is 14.3. The Hall–Kier alpha value is -2.52. The summed E-state index contributed by atoms with van der Waals surface area (Å²) in [7, 11) is 0. The number of hydrogen-bond donors (Lipinski definition) is 2. The van der Waals surface area contributed by atoms with Gasteiger partial charge in [-0.2, -0.15) is 10.1 Å². The molecule has 3 rings (SSSR count). The second kappa shape index (κ2) is 7.79. The number of amides is 1. The molecule has 0 aliphatic rings. The fourth-order valence-corrected chi connectivity index (χ4v) is 2.72. The van der Waals surface area contributed by atoms with Gasteiger partial charge in [0.25, 0.3) is 0 Å². The SMILES string of the molecule is Cc1nn(Cc2noc(C(=O)NC[C@H](O)c3ccccc3)n2)c(C)c1Br. The highest BCUT2D eigenvalue weighted by molar-refractivity contribution is 9.10. The zero-order valence-corrected chi connectivity index (χ0v) is 15.9. The Balaban J connectivity index is 1.60. The Labute approximate surface area is 158 Å². The summed E-state index contributed by atoms with van der Waals surface area (Å²) in [5.41, 5.74) is 2.51. The highest BCUT2D eigenvalue weighted by atomic mass is 79.9. The second-order valence-corrected chi connectivity index (χ2v) is 6.59. The summed E-state index contributed by atoms with van der Waals surface area (Å²) in [6.45, 7) is 4.15. The largest absolute Gasteiger partial charge is 0.387 e. The Morgan fingerprint density at radius 2 is 2.08 bits per heavy atom. The topological polar surface area (TPSA) is 106 Å². The van der Waals surface area contributed by atoms with E-state index in [0.29, 0.717) is 17.9 Å². The van der Waals surface area contributed by atoms with E-state index in [0.717, 1.165) is 15.9 Å². The molecule has 1 atom stereocenters. The number of nitrogens with zero attached hydrogens (tertiary/aromatic N) is 4. The van der Waals surface area contributed by atoms with Crippen LogP contribution in [-0.4, -0.2) is 37.5 Å². The van der Waals surface area contributed by atoms with Gasteiger partial charge in [0.05, 0.1) is 22.0 Å². The van der Waals surface area contributed by atoms with Crippen LogP contribution in [0.5, 0.6) is 0 Å². The number of benzene rings is 1. The van der Waals surface area contributed by atoms with Crippen LogP contribution in [0.1, 0.15) is 39.6 Å². The first-order valence-corrected chi connectivity index (χ1v) is 8.78. The van der Waals surface area contributed by atoms with Gasteiger partial charge in [-0.3, -0.25) is 9.48 Å². The van der Waals surface area contributed by atoms with E-state index in [-0.39, 0.29) is 12.4 Å². The third-order valence-electron chi connectivity index (χ3n) is 3.89. The van der Waals surface area contributed by atoms with Crippen molar-refractivity contribution in [3.8, 4) is 0 Å². The van der Waals surface area contributed by atoms with Crippen molar-refractivity contribution in [2.75, 3.05) is 6.54 Å². The van der Waals surface area contributed by atoms with Crippen LogP contribution in [0.2, 0.25) is 0 Å².